The number of carbonyl (C=O) groups excluding carboxylic acids is 2. The summed E-state index contributed by atoms with van der Waals surface area (Å²) in [6.07, 6.45) is 0.631. The Morgan fingerprint density at radius 1 is 0.920 bits per heavy atom. The Morgan fingerprint density at radius 3 is 2.32 bits per heavy atom. The fourth-order valence-corrected chi connectivity index (χ4v) is 3.46. The summed E-state index contributed by atoms with van der Waals surface area (Å²) < 4.78 is 0. The lowest BCUT2D eigenvalue weighted by Gasteiger charge is -2.35. The molecule has 126 valence electrons. The molecule has 2 atom stereocenters. The number of benzene rings is 2. The Kier molecular flexibility index (Phi) is 4.07. The summed E-state index contributed by atoms with van der Waals surface area (Å²) in [4.78, 5) is 25.1. The van der Waals surface area contributed by atoms with Gasteiger partial charge in [0.15, 0.2) is 5.78 Å². The molecule has 0 fully saturated rings. The summed E-state index contributed by atoms with van der Waals surface area (Å²) in [6, 6.07) is 18.6. The topological polar surface area (TPSA) is 70.2 Å². The Labute approximate surface area is 146 Å². The van der Waals surface area contributed by atoms with Crippen molar-refractivity contribution in [2.45, 2.75) is 18.5 Å². The average Bonchev–Trinajstić information content (AvgIpc) is 2.65. The molecule has 2 aromatic rings. The van der Waals surface area contributed by atoms with Crippen molar-refractivity contribution in [1.82, 2.24) is 16.0 Å². The van der Waals surface area contributed by atoms with Gasteiger partial charge in [0.05, 0.1) is 12.1 Å². The Hall–Kier alpha value is -2.92. The van der Waals surface area contributed by atoms with E-state index in [2.05, 4.69) is 16.0 Å². The highest BCUT2D eigenvalue weighted by atomic mass is 16.2. The standard InChI is InChI=1S/C20H19N3O2/c24-19-15(11-13-7-3-1-4-8-13)21-12-16-17(19)18(23-20(25)22-16)14-9-5-2-6-10-14/h1-10,15,18,21H,11-12H2,(H2,22,23,25). The summed E-state index contributed by atoms with van der Waals surface area (Å²) in [5, 5.41) is 8.93. The average molecular weight is 333 g/mol. The maximum absolute atomic E-state index is 13.1. The molecule has 2 amide bonds. The van der Waals surface area contributed by atoms with Gasteiger partial charge in [-0.3, -0.25) is 4.79 Å². The minimum Gasteiger partial charge on any atom is -0.327 e. The van der Waals surface area contributed by atoms with Crippen LogP contribution < -0.4 is 16.0 Å². The number of hydrogen-bond donors (Lipinski definition) is 3. The smallest absolute Gasteiger partial charge is 0.319 e. The van der Waals surface area contributed by atoms with Gasteiger partial charge in [0.25, 0.3) is 0 Å². The molecule has 0 spiro atoms. The zero-order valence-corrected chi connectivity index (χ0v) is 13.7. The van der Waals surface area contributed by atoms with E-state index in [-0.39, 0.29) is 17.9 Å². The van der Waals surface area contributed by atoms with E-state index in [0.717, 1.165) is 11.1 Å². The molecule has 5 nitrogen and oxygen atoms in total. The molecule has 25 heavy (non-hydrogen) atoms. The summed E-state index contributed by atoms with van der Waals surface area (Å²) in [5.74, 6) is 0.0338. The molecule has 3 N–H and O–H groups in total. The highest BCUT2D eigenvalue weighted by molar-refractivity contribution is 6.04. The van der Waals surface area contributed by atoms with Gasteiger partial charge in [-0.05, 0) is 17.5 Å². The number of amides is 2. The van der Waals surface area contributed by atoms with Crippen LogP contribution in [0.3, 0.4) is 0 Å². The first-order valence-electron chi connectivity index (χ1n) is 8.39. The van der Waals surface area contributed by atoms with Crippen LogP contribution in [0.5, 0.6) is 0 Å². The van der Waals surface area contributed by atoms with E-state index in [9.17, 15) is 9.59 Å². The lowest BCUT2D eigenvalue weighted by molar-refractivity contribution is -0.118. The van der Waals surface area contributed by atoms with Gasteiger partial charge in [-0.1, -0.05) is 60.7 Å². The van der Waals surface area contributed by atoms with E-state index in [1.807, 2.05) is 60.7 Å². The highest BCUT2D eigenvalue weighted by Crippen LogP contribution is 2.30. The minimum atomic E-state index is -0.405. The highest BCUT2D eigenvalue weighted by Gasteiger charge is 2.38. The number of urea groups is 1. The van der Waals surface area contributed by atoms with Crippen LogP contribution in [-0.4, -0.2) is 24.4 Å². The van der Waals surface area contributed by atoms with Crippen molar-refractivity contribution in [3.05, 3.63) is 83.1 Å². The number of carbonyl (C=O) groups is 2. The first-order chi connectivity index (χ1) is 12.2. The van der Waals surface area contributed by atoms with Crippen molar-refractivity contribution >= 4 is 11.8 Å². The second kappa shape index (κ2) is 6.53. The van der Waals surface area contributed by atoms with Gasteiger partial charge in [-0.15, -0.1) is 0 Å². The molecule has 2 heterocycles. The second-order valence-electron chi connectivity index (χ2n) is 6.32. The normalized spacial score (nSPS) is 22.9. The van der Waals surface area contributed by atoms with E-state index < -0.39 is 6.04 Å². The lowest BCUT2D eigenvalue weighted by atomic mass is 9.85. The predicted molar refractivity (Wildman–Crippen MR) is 94.8 cm³/mol. The fourth-order valence-electron chi connectivity index (χ4n) is 3.46. The monoisotopic (exact) mass is 333 g/mol. The van der Waals surface area contributed by atoms with Gasteiger partial charge in [0, 0.05) is 17.8 Å². The van der Waals surface area contributed by atoms with Crippen LogP contribution >= 0.6 is 0 Å². The van der Waals surface area contributed by atoms with Crippen LogP contribution in [0.2, 0.25) is 0 Å². The van der Waals surface area contributed by atoms with Gasteiger partial charge >= 0.3 is 6.03 Å². The fraction of sp³-hybridized carbons (Fsp3) is 0.200. The number of nitrogens with one attached hydrogen (secondary N) is 3. The molecule has 0 saturated heterocycles. The van der Waals surface area contributed by atoms with E-state index >= 15 is 0 Å². The van der Waals surface area contributed by atoms with Crippen LogP contribution in [-0.2, 0) is 11.2 Å². The molecule has 2 aliphatic heterocycles. The van der Waals surface area contributed by atoms with Crippen LogP contribution in [0, 0.1) is 0 Å². The first kappa shape index (κ1) is 15.6. The Bertz CT molecular complexity index is 831. The summed E-state index contributed by atoms with van der Waals surface area (Å²) in [5.41, 5.74) is 3.36. The molecule has 0 bridgehead atoms. The molecule has 2 aliphatic rings. The molecule has 0 saturated carbocycles. The largest absolute Gasteiger partial charge is 0.327 e. The summed E-state index contributed by atoms with van der Waals surface area (Å²) >= 11 is 0. The number of ketones is 1. The van der Waals surface area contributed by atoms with Crippen LogP contribution in [0.25, 0.3) is 0 Å². The van der Waals surface area contributed by atoms with Crippen LogP contribution in [0.4, 0.5) is 4.79 Å². The van der Waals surface area contributed by atoms with Crippen molar-refractivity contribution in [3.63, 3.8) is 0 Å². The quantitative estimate of drug-likeness (QED) is 0.805. The maximum Gasteiger partial charge on any atom is 0.319 e. The van der Waals surface area contributed by atoms with Gasteiger partial charge < -0.3 is 16.0 Å². The molecular formula is C20H19N3O2. The summed E-state index contributed by atoms with van der Waals surface area (Å²) in [7, 11) is 0. The molecule has 0 aliphatic carbocycles. The number of Topliss-reactive ketones (excluding diaryl/α,β-unsaturated/α-hetero) is 1. The third-order valence-electron chi connectivity index (χ3n) is 4.68. The SMILES string of the molecule is O=C1NC2=C(C(=O)C(Cc3ccccc3)NC2)C(c2ccccc2)N1. The Morgan fingerprint density at radius 2 is 1.60 bits per heavy atom. The third kappa shape index (κ3) is 3.06. The van der Waals surface area contributed by atoms with Crippen molar-refractivity contribution in [3.8, 4) is 0 Å². The van der Waals surface area contributed by atoms with Gasteiger partial charge in [0.1, 0.15) is 0 Å². The molecule has 2 aromatic carbocycles. The second-order valence-corrected chi connectivity index (χ2v) is 6.32. The summed E-state index contributed by atoms with van der Waals surface area (Å²) in [6.45, 7) is 0.481. The van der Waals surface area contributed by atoms with Crippen molar-refractivity contribution < 1.29 is 9.59 Å². The minimum absolute atomic E-state index is 0.0338. The third-order valence-corrected chi connectivity index (χ3v) is 4.68. The predicted octanol–water partition coefficient (Wildman–Crippen LogP) is 2.08. The molecule has 0 aromatic heterocycles. The molecular weight excluding hydrogens is 314 g/mol. The van der Waals surface area contributed by atoms with E-state index in [1.54, 1.807) is 0 Å². The van der Waals surface area contributed by atoms with E-state index in [0.29, 0.717) is 24.2 Å². The number of hydrogen-bond acceptors (Lipinski definition) is 3. The van der Waals surface area contributed by atoms with Crippen molar-refractivity contribution in [2.24, 2.45) is 0 Å². The molecule has 4 rings (SSSR count). The molecule has 2 unspecified atom stereocenters. The van der Waals surface area contributed by atoms with Gasteiger partial charge in [0.2, 0.25) is 0 Å². The molecule has 5 heteroatoms. The van der Waals surface area contributed by atoms with Gasteiger partial charge in [-0.25, -0.2) is 4.79 Å². The van der Waals surface area contributed by atoms with E-state index in [1.165, 1.54) is 0 Å². The zero-order chi connectivity index (χ0) is 17.2. The zero-order valence-electron chi connectivity index (χ0n) is 13.7. The van der Waals surface area contributed by atoms with Crippen molar-refractivity contribution in [2.75, 3.05) is 6.54 Å². The Balaban J connectivity index is 1.66. The van der Waals surface area contributed by atoms with Crippen molar-refractivity contribution in [1.29, 1.82) is 0 Å². The van der Waals surface area contributed by atoms with Crippen LogP contribution in [0.1, 0.15) is 17.2 Å². The van der Waals surface area contributed by atoms with Gasteiger partial charge in [-0.2, -0.15) is 0 Å². The molecule has 0 radical (unpaired) electrons. The lowest BCUT2D eigenvalue weighted by Crippen LogP contribution is -2.55. The number of rotatable bonds is 3. The van der Waals surface area contributed by atoms with E-state index in [4.69, 9.17) is 0 Å². The van der Waals surface area contributed by atoms with Crippen LogP contribution in [0.15, 0.2) is 71.9 Å². The first-order valence-corrected chi connectivity index (χ1v) is 8.39. The maximum atomic E-state index is 13.1.